The second-order valence-corrected chi connectivity index (χ2v) is 4.44. The Bertz CT molecular complexity index is 611. The van der Waals surface area contributed by atoms with E-state index in [2.05, 4.69) is 5.32 Å². The number of aryl methyl sites for hydroxylation is 1. The van der Waals surface area contributed by atoms with Crippen LogP contribution in [0.3, 0.4) is 0 Å². The molecule has 0 radical (unpaired) electrons. The highest BCUT2D eigenvalue weighted by Crippen LogP contribution is 2.16. The first-order valence-electron chi connectivity index (χ1n) is 7.02. The lowest BCUT2D eigenvalue weighted by Crippen LogP contribution is -2.07. The van der Waals surface area contributed by atoms with Crippen LogP contribution in [0.5, 0.6) is 5.75 Å². The van der Waals surface area contributed by atoms with Gasteiger partial charge in [-0.25, -0.2) is 0 Å². The molecular formula is C17H19NO3. The Kier molecular flexibility index (Phi) is 5.21. The number of amides is 1. The molecule has 4 nitrogen and oxygen atoms in total. The van der Waals surface area contributed by atoms with Gasteiger partial charge < -0.3 is 14.5 Å². The zero-order chi connectivity index (χ0) is 15.1. The second kappa shape index (κ2) is 7.33. The number of hydrogen-bond donors (Lipinski definition) is 1. The molecule has 1 N–H and O–H groups in total. The Morgan fingerprint density at radius 1 is 1.19 bits per heavy atom. The number of hydrogen-bond acceptors (Lipinski definition) is 3. The van der Waals surface area contributed by atoms with Crippen LogP contribution < -0.4 is 10.1 Å². The average Bonchev–Trinajstić information content (AvgIpc) is 2.96. The highest BCUT2D eigenvalue weighted by molar-refractivity contribution is 6.01. The monoisotopic (exact) mass is 285 g/mol. The molecule has 2 aromatic rings. The summed E-state index contributed by atoms with van der Waals surface area (Å²) in [6, 6.07) is 11.0. The molecule has 1 aromatic heterocycles. The van der Waals surface area contributed by atoms with Gasteiger partial charge in [0.05, 0.1) is 6.61 Å². The Hall–Kier alpha value is -2.49. The minimum absolute atomic E-state index is 0.200. The Balaban J connectivity index is 1.91. The maximum Gasteiger partial charge on any atom is 0.248 e. The van der Waals surface area contributed by atoms with E-state index in [-0.39, 0.29) is 5.91 Å². The molecule has 0 bridgehead atoms. The molecule has 0 spiro atoms. The summed E-state index contributed by atoms with van der Waals surface area (Å²) in [5.41, 5.74) is 0.724. The number of benzene rings is 1. The number of ether oxygens (including phenoxy) is 1. The van der Waals surface area contributed by atoms with E-state index in [1.54, 1.807) is 18.2 Å². The lowest BCUT2D eigenvalue weighted by Gasteiger charge is -2.05. The molecule has 4 heteroatoms. The lowest BCUT2D eigenvalue weighted by molar-refractivity contribution is -0.111. The van der Waals surface area contributed by atoms with E-state index in [1.807, 2.05) is 38.1 Å². The van der Waals surface area contributed by atoms with Crippen molar-refractivity contribution >= 4 is 17.7 Å². The van der Waals surface area contributed by atoms with E-state index in [4.69, 9.17) is 9.15 Å². The molecule has 1 heterocycles. The fourth-order valence-electron chi connectivity index (χ4n) is 1.82. The Morgan fingerprint density at radius 2 is 1.95 bits per heavy atom. The Labute approximate surface area is 124 Å². The summed E-state index contributed by atoms with van der Waals surface area (Å²) in [5, 5.41) is 2.78. The van der Waals surface area contributed by atoms with E-state index in [1.165, 1.54) is 6.08 Å². The van der Waals surface area contributed by atoms with Crippen molar-refractivity contribution in [1.82, 2.24) is 0 Å². The van der Waals surface area contributed by atoms with Crippen LogP contribution in [0, 0.1) is 0 Å². The largest absolute Gasteiger partial charge is 0.494 e. The summed E-state index contributed by atoms with van der Waals surface area (Å²) < 4.78 is 10.8. The molecule has 0 saturated heterocycles. The van der Waals surface area contributed by atoms with Crippen molar-refractivity contribution in [3.63, 3.8) is 0 Å². The highest BCUT2D eigenvalue weighted by Gasteiger charge is 2.00. The van der Waals surface area contributed by atoms with Gasteiger partial charge in [0.25, 0.3) is 0 Å². The van der Waals surface area contributed by atoms with Gasteiger partial charge in [-0.3, -0.25) is 4.79 Å². The van der Waals surface area contributed by atoms with E-state index in [9.17, 15) is 4.79 Å². The van der Waals surface area contributed by atoms with Crippen LogP contribution in [0.1, 0.15) is 25.4 Å². The number of rotatable bonds is 6. The van der Waals surface area contributed by atoms with Crippen LogP contribution in [0.4, 0.5) is 5.69 Å². The molecule has 110 valence electrons. The summed E-state index contributed by atoms with van der Waals surface area (Å²) in [6.07, 6.45) is 3.95. The number of nitrogens with one attached hydrogen (secondary N) is 1. The number of anilines is 1. The topological polar surface area (TPSA) is 51.5 Å². The number of carbonyl (C=O) groups is 1. The second-order valence-electron chi connectivity index (χ2n) is 4.44. The van der Waals surface area contributed by atoms with Gasteiger partial charge in [-0.1, -0.05) is 6.92 Å². The van der Waals surface area contributed by atoms with Crippen LogP contribution in [0.15, 0.2) is 46.9 Å². The predicted molar refractivity (Wildman–Crippen MR) is 83.4 cm³/mol. The van der Waals surface area contributed by atoms with E-state index >= 15 is 0 Å². The minimum atomic E-state index is -0.200. The van der Waals surface area contributed by atoms with Gasteiger partial charge in [0.1, 0.15) is 17.3 Å². The van der Waals surface area contributed by atoms with Gasteiger partial charge in [0.15, 0.2) is 0 Å². The van der Waals surface area contributed by atoms with Crippen molar-refractivity contribution in [2.75, 3.05) is 11.9 Å². The van der Waals surface area contributed by atoms with Crippen molar-refractivity contribution in [2.45, 2.75) is 20.3 Å². The number of furan rings is 1. The smallest absolute Gasteiger partial charge is 0.248 e. The van der Waals surface area contributed by atoms with Crippen molar-refractivity contribution in [3.05, 3.63) is 54.0 Å². The van der Waals surface area contributed by atoms with Crippen molar-refractivity contribution in [2.24, 2.45) is 0 Å². The number of carbonyl (C=O) groups excluding carboxylic acids is 1. The van der Waals surface area contributed by atoms with Gasteiger partial charge in [0.2, 0.25) is 5.91 Å². The predicted octanol–water partition coefficient (Wildman–Crippen LogP) is 3.89. The van der Waals surface area contributed by atoms with Crippen LogP contribution in [-0.2, 0) is 11.2 Å². The summed E-state index contributed by atoms with van der Waals surface area (Å²) in [7, 11) is 0. The SMILES string of the molecule is CCOc1ccc(NC(=O)C=Cc2ccc(CC)o2)cc1. The first-order valence-corrected chi connectivity index (χ1v) is 7.02. The molecule has 0 atom stereocenters. The third-order valence-electron chi connectivity index (χ3n) is 2.86. The molecule has 0 aliphatic heterocycles. The summed E-state index contributed by atoms with van der Waals surface area (Å²) >= 11 is 0. The fourth-order valence-corrected chi connectivity index (χ4v) is 1.82. The molecule has 21 heavy (non-hydrogen) atoms. The summed E-state index contributed by atoms with van der Waals surface area (Å²) in [4.78, 5) is 11.8. The zero-order valence-corrected chi connectivity index (χ0v) is 12.3. The molecule has 2 rings (SSSR count). The molecule has 0 saturated carbocycles. The van der Waals surface area contributed by atoms with Gasteiger partial charge in [-0.2, -0.15) is 0 Å². The zero-order valence-electron chi connectivity index (χ0n) is 12.3. The molecule has 0 unspecified atom stereocenters. The molecule has 0 fully saturated rings. The third-order valence-corrected chi connectivity index (χ3v) is 2.86. The van der Waals surface area contributed by atoms with E-state index in [0.717, 1.165) is 23.6 Å². The van der Waals surface area contributed by atoms with Crippen LogP contribution in [-0.4, -0.2) is 12.5 Å². The molecule has 1 amide bonds. The summed E-state index contributed by atoms with van der Waals surface area (Å²) in [5.74, 6) is 2.16. The third kappa shape index (κ3) is 4.53. The summed E-state index contributed by atoms with van der Waals surface area (Å²) in [6.45, 7) is 4.57. The first kappa shape index (κ1) is 14.9. The maximum atomic E-state index is 11.8. The minimum Gasteiger partial charge on any atom is -0.494 e. The van der Waals surface area contributed by atoms with Gasteiger partial charge in [-0.15, -0.1) is 0 Å². The standard InChI is InChI=1S/C17H19NO3/c1-3-14-9-10-16(21-14)11-12-17(19)18-13-5-7-15(8-6-13)20-4-2/h5-12H,3-4H2,1-2H3,(H,18,19). The Morgan fingerprint density at radius 3 is 2.57 bits per heavy atom. The van der Waals surface area contributed by atoms with Crippen molar-refractivity contribution in [3.8, 4) is 5.75 Å². The maximum absolute atomic E-state index is 11.8. The van der Waals surface area contributed by atoms with Gasteiger partial charge in [-0.05, 0) is 49.4 Å². The van der Waals surface area contributed by atoms with Crippen molar-refractivity contribution in [1.29, 1.82) is 0 Å². The molecular weight excluding hydrogens is 266 g/mol. The lowest BCUT2D eigenvalue weighted by atomic mass is 10.3. The average molecular weight is 285 g/mol. The highest BCUT2D eigenvalue weighted by atomic mass is 16.5. The van der Waals surface area contributed by atoms with Crippen LogP contribution >= 0.6 is 0 Å². The van der Waals surface area contributed by atoms with E-state index < -0.39 is 0 Å². The van der Waals surface area contributed by atoms with Crippen LogP contribution in [0.25, 0.3) is 6.08 Å². The van der Waals surface area contributed by atoms with E-state index in [0.29, 0.717) is 12.4 Å². The quantitative estimate of drug-likeness (QED) is 0.819. The molecule has 1 aromatic carbocycles. The fraction of sp³-hybridized carbons (Fsp3) is 0.235. The first-order chi connectivity index (χ1) is 10.2. The van der Waals surface area contributed by atoms with Gasteiger partial charge in [0, 0.05) is 18.2 Å². The molecule has 0 aliphatic carbocycles. The van der Waals surface area contributed by atoms with Gasteiger partial charge >= 0.3 is 0 Å². The van der Waals surface area contributed by atoms with Crippen LogP contribution in [0.2, 0.25) is 0 Å². The normalized spacial score (nSPS) is 10.8. The molecule has 0 aliphatic rings. The van der Waals surface area contributed by atoms with Crippen molar-refractivity contribution < 1.29 is 13.9 Å².